The lowest BCUT2D eigenvalue weighted by molar-refractivity contribution is -0.138. The topological polar surface area (TPSA) is 55.1 Å². The maximum absolute atomic E-state index is 11.4. The van der Waals surface area contributed by atoms with Crippen LogP contribution in [0.1, 0.15) is 22.9 Å². The molecule has 0 saturated heterocycles. The zero-order chi connectivity index (χ0) is 14.0. The van der Waals surface area contributed by atoms with Crippen molar-refractivity contribution in [3.8, 4) is 0 Å². The van der Waals surface area contributed by atoms with E-state index < -0.39 is 11.9 Å². The predicted molar refractivity (Wildman–Crippen MR) is 73.5 cm³/mol. The molecule has 2 rings (SSSR count). The molecule has 0 aliphatic carbocycles. The van der Waals surface area contributed by atoms with E-state index in [1.807, 2.05) is 20.0 Å². The summed E-state index contributed by atoms with van der Waals surface area (Å²) in [6.45, 7) is 1.89. The first-order valence-corrected chi connectivity index (χ1v) is 6.33. The molecule has 1 aromatic carbocycles. The lowest BCUT2D eigenvalue weighted by Gasteiger charge is -2.13. The summed E-state index contributed by atoms with van der Waals surface area (Å²) >= 11 is 5.82. The van der Waals surface area contributed by atoms with E-state index in [4.69, 9.17) is 11.6 Å². The van der Waals surface area contributed by atoms with E-state index in [0.29, 0.717) is 11.4 Å². The Bertz CT molecular complexity index is 590. The zero-order valence-corrected chi connectivity index (χ0v) is 11.6. The standard InChI is InChI=1S/C14H15ClN2O2/c1-9-7-12(17(2)16-9)8-13(14(18)19)10-3-5-11(15)6-4-10/h3-7,13H,8H2,1-2H3,(H,18,19). The Labute approximate surface area is 116 Å². The van der Waals surface area contributed by atoms with Crippen LogP contribution in [0.5, 0.6) is 0 Å². The molecule has 0 saturated carbocycles. The molecule has 1 heterocycles. The van der Waals surface area contributed by atoms with Gasteiger partial charge in [0.2, 0.25) is 0 Å². The number of carbonyl (C=O) groups is 1. The molecule has 0 bridgehead atoms. The van der Waals surface area contributed by atoms with Crippen molar-refractivity contribution in [3.63, 3.8) is 0 Å². The lowest BCUT2D eigenvalue weighted by atomic mass is 9.94. The monoisotopic (exact) mass is 278 g/mol. The molecular formula is C14H15ClN2O2. The van der Waals surface area contributed by atoms with Gasteiger partial charge in [-0.2, -0.15) is 5.10 Å². The molecule has 0 amide bonds. The predicted octanol–water partition coefficient (Wildman–Crippen LogP) is 2.79. The molecule has 0 aliphatic rings. The van der Waals surface area contributed by atoms with Crippen LogP contribution in [-0.2, 0) is 18.3 Å². The van der Waals surface area contributed by atoms with Crippen LogP contribution >= 0.6 is 11.6 Å². The fraction of sp³-hybridized carbons (Fsp3) is 0.286. The minimum atomic E-state index is -0.846. The minimum Gasteiger partial charge on any atom is -0.481 e. The van der Waals surface area contributed by atoms with E-state index in [0.717, 1.165) is 17.0 Å². The summed E-state index contributed by atoms with van der Waals surface area (Å²) in [5.41, 5.74) is 2.54. The van der Waals surface area contributed by atoms with Gasteiger partial charge in [-0.15, -0.1) is 0 Å². The zero-order valence-electron chi connectivity index (χ0n) is 10.8. The molecule has 0 radical (unpaired) electrons. The first-order chi connectivity index (χ1) is 8.97. The van der Waals surface area contributed by atoms with Crippen LogP contribution in [0, 0.1) is 6.92 Å². The molecule has 2 aromatic rings. The Hall–Kier alpha value is -1.81. The largest absolute Gasteiger partial charge is 0.481 e. The van der Waals surface area contributed by atoms with Gasteiger partial charge < -0.3 is 5.11 Å². The van der Waals surface area contributed by atoms with Gasteiger partial charge in [0, 0.05) is 24.2 Å². The molecule has 5 heteroatoms. The Kier molecular flexibility index (Phi) is 3.90. The van der Waals surface area contributed by atoms with E-state index in [2.05, 4.69) is 5.10 Å². The van der Waals surface area contributed by atoms with Crippen LogP contribution in [-0.4, -0.2) is 20.9 Å². The Morgan fingerprint density at radius 1 is 1.42 bits per heavy atom. The summed E-state index contributed by atoms with van der Waals surface area (Å²) in [4.78, 5) is 11.4. The van der Waals surface area contributed by atoms with Gasteiger partial charge >= 0.3 is 5.97 Å². The lowest BCUT2D eigenvalue weighted by Crippen LogP contribution is -2.16. The van der Waals surface area contributed by atoms with Crippen LogP contribution in [0.25, 0.3) is 0 Å². The molecule has 19 heavy (non-hydrogen) atoms. The molecule has 1 unspecified atom stereocenters. The summed E-state index contributed by atoms with van der Waals surface area (Å²) in [5, 5.41) is 14.2. The highest BCUT2D eigenvalue weighted by molar-refractivity contribution is 6.30. The average molecular weight is 279 g/mol. The highest BCUT2D eigenvalue weighted by atomic mass is 35.5. The Morgan fingerprint density at radius 2 is 2.05 bits per heavy atom. The second kappa shape index (κ2) is 5.45. The van der Waals surface area contributed by atoms with Gasteiger partial charge in [-0.1, -0.05) is 23.7 Å². The molecule has 1 N–H and O–H groups in total. The van der Waals surface area contributed by atoms with E-state index >= 15 is 0 Å². The SMILES string of the molecule is Cc1cc(CC(C(=O)O)c2ccc(Cl)cc2)n(C)n1. The smallest absolute Gasteiger partial charge is 0.311 e. The summed E-state index contributed by atoms with van der Waals surface area (Å²) in [5.74, 6) is -1.44. The quantitative estimate of drug-likeness (QED) is 0.936. The van der Waals surface area contributed by atoms with Crippen molar-refractivity contribution in [2.24, 2.45) is 7.05 Å². The summed E-state index contributed by atoms with van der Waals surface area (Å²) < 4.78 is 1.72. The molecule has 100 valence electrons. The number of hydrogen-bond donors (Lipinski definition) is 1. The van der Waals surface area contributed by atoms with Crippen LogP contribution in [0.2, 0.25) is 5.02 Å². The normalized spacial score (nSPS) is 12.4. The number of aryl methyl sites for hydroxylation is 2. The van der Waals surface area contributed by atoms with Crippen molar-refractivity contribution in [1.29, 1.82) is 0 Å². The van der Waals surface area contributed by atoms with Gasteiger partial charge in [-0.05, 0) is 30.7 Å². The van der Waals surface area contributed by atoms with Gasteiger partial charge in [0.25, 0.3) is 0 Å². The van der Waals surface area contributed by atoms with Crippen molar-refractivity contribution in [1.82, 2.24) is 9.78 Å². The van der Waals surface area contributed by atoms with Crippen molar-refractivity contribution >= 4 is 17.6 Å². The fourth-order valence-corrected chi connectivity index (χ4v) is 2.23. The number of benzene rings is 1. The first kappa shape index (κ1) is 13.6. The molecule has 1 aromatic heterocycles. The van der Waals surface area contributed by atoms with Crippen molar-refractivity contribution in [3.05, 3.63) is 52.3 Å². The van der Waals surface area contributed by atoms with Crippen molar-refractivity contribution < 1.29 is 9.90 Å². The third kappa shape index (κ3) is 3.15. The Morgan fingerprint density at radius 3 is 2.53 bits per heavy atom. The van der Waals surface area contributed by atoms with E-state index in [1.54, 1.807) is 28.9 Å². The number of aliphatic carboxylic acids is 1. The summed E-state index contributed by atoms with van der Waals surface area (Å²) in [7, 11) is 1.82. The van der Waals surface area contributed by atoms with Gasteiger partial charge in [-0.25, -0.2) is 0 Å². The van der Waals surface area contributed by atoms with E-state index in [1.165, 1.54) is 0 Å². The number of carboxylic acid groups (broad SMARTS) is 1. The highest BCUT2D eigenvalue weighted by Gasteiger charge is 2.22. The fourth-order valence-electron chi connectivity index (χ4n) is 2.11. The van der Waals surface area contributed by atoms with Gasteiger partial charge in [0.15, 0.2) is 0 Å². The first-order valence-electron chi connectivity index (χ1n) is 5.95. The van der Waals surface area contributed by atoms with Crippen molar-refractivity contribution in [2.45, 2.75) is 19.3 Å². The summed E-state index contributed by atoms with van der Waals surface area (Å²) in [6.07, 6.45) is 0.411. The minimum absolute atomic E-state index is 0.411. The maximum Gasteiger partial charge on any atom is 0.311 e. The molecule has 0 fully saturated rings. The maximum atomic E-state index is 11.4. The van der Waals surface area contributed by atoms with Crippen LogP contribution in [0.4, 0.5) is 0 Å². The average Bonchev–Trinajstić information content (AvgIpc) is 2.66. The van der Waals surface area contributed by atoms with Crippen LogP contribution in [0.15, 0.2) is 30.3 Å². The molecule has 0 aliphatic heterocycles. The molecule has 4 nitrogen and oxygen atoms in total. The third-order valence-corrected chi connectivity index (χ3v) is 3.33. The molecule has 0 spiro atoms. The van der Waals surface area contributed by atoms with Gasteiger partial charge in [-0.3, -0.25) is 9.48 Å². The number of aromatic nitrogens is 2. The second-order valence-electron chi connectivity index (χ2n) is 4.55. The molecule has 1 atom stereocenters. The van der Waals surface area contributed by atoms with Gasteiger partial charge in [0.1, 0.15) is 0 Å². The number of hydrogen-bond acceptors (Lipinski definition) is 2. The number of nitrogens with zero attached hydrogens (tertiary/aromatic N) is 2. The van der Waals surface area contributed by atoms with E-state index in [9.17, 15) is 9.90 Å². The second-order valence-corrected chi connectivity index (χ2v) is 4.98. The van der Waals surface area contributed by atoms with Gasteiger partial charge in [0.05, 0.1) is 11.6 Å². The number of carboxylic acids is 1. The van der Waals surface area contributed by atoms with Crippen LogP contribution in [0.3, 0.4) is 0 Å². The summed E-state index contributed by atoms with van der Waals surface area (Å²) in [6, 6.07) is 8.84. The number of rotatable bonds is 4. The van der Waals surface area contributed by atoms with E-state index in [-0.39, 0.29) is 0 Å². The highest BCUT2D eigenvalue weighted by Crippen LogP contribution is 2.23. The third-order valence-electron chi connectivity index (χ3n) is 3.08. The molecular weight excluding hydrogens is 264 g/mol. The van der Waals surface area contributed by atoms with Crippen LogP contribution < -0.4 is 0 Å². The van der Waals surface area contributed by atoms with Crippen molar-refractivity contribution in [2.75, 3.05) is 0 Å². The Balaban J connectivity index is 2.29. The number of halogens is 1.